The van der Waals surface area contributed by atoms with Gasteiger partial charge in [-0.25, -0.2) is 0 Å². The zero-order valence-corrected chi connectivity index (χ0v) is 11.9. The Hall–Kier alpha value is -2.51. The van der Waals surface area contributed by atoms with Gasteiger partial charge in [0.1, 0.15) is 12.8 Å². The van der Waals surface area contributed by atoms with Gasteiger partial charge in [0.15, 0.2) is 0 Å². The van der Waals surface area contributed by atoms with E-state index >= 15 is 0 Å². The summed E-state index contributed by atoms with van der Waals surface area (Å²) < 4.78 is 74.7. The summed E-state index contributed by atoms with van der Waals surface area (Å²) in [5.74, 6) is 0. The van der Waals surface area contributed by atoms with Crippen LogP contribution in [-0.2, 0) is 23.8 Å². The van der Waals surface area contributed by atoms with Crippen LogP contribution in [0.4, 0.5) is 26.3 Å². The SMILES string of the molecule is FC(F)(F)c1ccc(CO/N=[C]\c2cccc(C(F)(F)F)c2)cc1. The highest BCUT2D eigenvalue weighted by Crippen LogP contribution is 2.30. The Kier molecular flexibility index (Phi) is 5.16. The Morgan fingerprint density at radius 1 is 0.833 bits per heavy atom. The first-order valence-corrected chi connectivity index (χ1v) is 6.58. The van der Waals surface area contributed by atoms with Crippen LogP contribution in [0.25, 0.3) is 0 Å². The quantitative estimate of drug-likeness (QED) is 0.426. The molecule has 0 atom stereocenters. The van der Waals surface area contributed by atoms with E-state index in [0.717, 1.165) is 24.3 Å². The molecule has 1 radical (unpaired) electrons. The van der Waals surface area contributed by atoms with Gasteiger partial charge in [0.25, 0.3) is 0 Å². The number of hydrogen-bond acceptors (Lipinski definition) is 2. The van der Waals surface area contributed by atoms with Gasteiger partial charge in [-0.1, -0.05) is 29.4 Å². The van der Waals surface area contributed by atoms with Crippen LogP contribution in [0.15, 0.2) is 53.7 Å². The molecule has 2 rings (SSSR count). The minimum atomic E-state index is -4.47. The molecule has 2 nitrogen and oxygen atoms in total. The van der Waals surface area contributed by atoms with Crippen molar-refractivity contribution in [3.63, 3.8) is 0 Å². The summed E-state index contributed by atoms with van der Waals surface area (Å²) in [7, 11) is 0. The van der Waals surface area contributed by atoms with Gasteiger partial charge in [-0.05, 0) is 29.8 Å². The average molecular weight is 346 g/mol. The fourth-order valence-electron chi connectivity index (χ4n) is 1.75. The molecule has 0 saturated heterocycles. The fraction of sp³-hybridized carbons (Fsp3) is 0.188. The standard InChI is InChI=1S/C16H10F6NO/c17-15(18,19)13-6-4-11(5-7-13)10-24-23-9-12-2-1-3-14(8-12)16(20,21)22/h1-8H,10H2. The predicted molar refractivity (Wildman–Crippen MR) is 74.2 cm³/mol. The van der Waals surface area contributed by atoms with E-state index in [4.69, 9.17) is 4.84 Å². The number of nitrogens with zero attached hydrogens (tertiary/aromatic N) is 1. The van der Waals surface area contributed by atoms with Crippen LogP contribution < -0.4 is 0 Å². The van der Waals surface area contributed by atoms with Crippen molar-refractivity contribution in [2.24, 2.45) is 5.16 Å². The Labute approximate surface area is 133 Å². The second-order valence-electron chi connectivity index (χ2n) is 4.75. The van der Waals surface area contributed by atoms with Crippen LogP contribution in [0.5, 0.6) is 0 Å². The second-order valence-corrected chi connectivity index (χ2v) is 4.75. The molecule has 2 aromatic carbocycles. The molecule has 0 fully saturated rings. The van der Waals surface area contributed by atoms with Crippen molar-refractivity contribution < 1.29 is 31.2 Å². The lowest BCUT2D eigenvalue weighted by atomic mass is 10.1. The van der Waals surface area contributed by atoms with Crippen LogP contribution in [0.1, 0.15) is 22.3 Å². The monoisotopic (exact) mass is 346 g/mol. The van der Waals surface area contributed by atoms with E-state index in [1.54, 1.807) is 0 Å². The molecule has 0 aromatic heterocycles. The van der Waals surface area contributed by atoms with E-state index in [9.17, 15) is 26.3 Å². The van der Waals surface area contributed by atoms with Crippen molar-refractivity contribution in [3.8, 4) is 0 Å². The van der Waals surface area contributed by atoms with E-state index < -0.39 is 23.5 Å². The highest BCUT2D eigenvalue weighted by atomic mass is 19.4. The highest BCUT2D eigenvalue weighted by Gasteiger charge is 2.30. The first kappa shape index (κ1) is 17.8. The molecule has 127 valence electrons. The predicted octanol–water partition coefficient (Wildman–Crippen LogP) is 5.15. The first-order valence-electron chi connectivity index (χ1n) is 6.58. The van der Waals surface area contributed by atoms with E-state index in [1.807, 2.05) is 0 Å². The molecule has 0 spiro atoms. The Morgan fingerprint density at radius 2 is 1.46 bits per heavy atom. The number of hydrogen-bond donors (Lipinski definition) is 0. The lowest BCUT2D eigenvalue weighted by molar-refractivity contribution is -0.138. The number of alkyl halides is 6. The summed E-state index contributed by atoms with van der Waals surface area (Å²) >= 11 is 0. The largest absolute Gasteiger partial charge is 0.416 e. The molecule has 0 heterocycles. The van der Waals surface area contributed by atoms with Crippen LogP contribution in [0.2, 0.25) is 0 Å². The van der Waals surface area contributed by atoms with Gasteiger partial charge in [0, 0.05) is 5.56 Å². The molecular formula is C16H10F6NO. The molecule has 0 amide bonds. The first-order chi connectivity index (χ1) is 11.2. The maximum absolute atomic E-state index is 12.5. The summed E-state index contributed by atoms with van der Waals surface area (Å²) in [6.07, 6.45) is -6.61. The van der Waals surface area contributed by atoms with Crippen molar-refractivity contribution in [2.45, 2.75) is 19.0 Å². The molecule has 0 aliphatic heterocycles. The van der Waals surface area contributed by atoms with Crippen LogP contribution in [-0.4, -0.2) is 6.21 Å². The number of benzene rings is 2. The van der Waals surface area contributed by atoms with Crippen LogP contribution in [0, 0.1) is 0 Å². The third-order valence-electron chi connectivity index (χ3n) is 2.94. The minimum Gasteiger partial charge on any atom is -0.390 e. The Morgan fingerprint density at radius 3 is 2.04 bits per heavy atom. The van der Waals surface area contributed by atoms with Gasteiger partial charge >= 0.3 is 12.4 Å². The summed E-state index contributed by atoms with van der Waals surface area (Å²) in [6, 6.07) is 8.58. The third-order valence-corrected chi connectivity index (χ3v) is 2.94. The van der Waals surface area contributed by atoms with Gasteiger partial charge in [-0.3, -0.25) is 0 Å². The van der Waals surface area contributed by atoms with Crippen LogP contribution in [0.3, 0.4) is 0 Å². The normalized spacial score (nSPS) is 12.6. The Bertz CT molecular complexity index is 704. The molecule has 0 N–H and O–H groups in total. The second kappa shape index (κ2) is 6.94. The fourth-order valence-corrected chi connectivity index (χ4v) is 1.75. The van der Waals surface area contributed by atoms with Gasteiger partial charge in [0.2, 0.25) is 0 Å². The molecule has 0 saturated carbocycles. The maximum atomic E-state index is 12.5. The summed E-state index contributed by atoms with van der Waals surface area (Å²) in [5.41, 5.74) is -1.13. The zero-order chi connectivity index (χ0) is 17.8. The summed E-state index contributed by atoms with van der Waals surface area (Å²) in [4.78, 5) is 4.83. The van der Waals surface area contributed by atoms with Crippen LogP contribution >= 0.6 is 0 Å². The zero-order valence-electron chi connectivity index (χ0n) is 11.9. The van der Waals surface area contributed by atoms with Gasteiger partial charge in [-0.2, -0.15) is 26.3 Å². The molecular weight excluding hydrogens is 336 g/mol. The van der Waals surface area contributed by atoms with Crippen molar-refractivity contribution >= 4 is 6.21 Å². The van der Waals surface area contributed by atoms with Crippen molar-refractivity contribution in [2.75, 3.05) is 0 Å². The van der Waals surface area contributed by atoms with E-state index in [2.05, 4.69) is 11.4 Å². The molecule has 0 bridgehead atoms. The van der Waals surface area contributed by atoms with Gasteiger partial charge < -0.3 is 4.84 Å². The topological polar surface area (TPSA) is 21.6 Å². The molecule has 24 heavy (non-hydrogen) atoms. The minimum absolute atomic E-state index is 0.0669. The van der Waals surface area contributed by atoms with E-state index in [0.29, 0.717) is 5.56 Å². The molecule has 2 aromatic rings. The van der Waals surface area contributed by atoms with Gasteiger partial charge in [-0.15, -0.1) is 0 Å². The highest BCUT2D eigenvalue weighted by molar-refractivity contribution is 5.79. The molecule has 0 unspecified atom stereocenters. The van der Waals surface area contributed by atoms with Crippen molar-refractivity contribution in [1.82, 2.24) is 0 Å². The van der Waals surface area contributed by atoms with E-state index in [-0.39, 0.29) is 12.2 Å². The van der Waals surface area contributed by atoms with Crippen molar-refractivity contribution in [3.05, 3.63) is 70.8 Å². The van der Waals surface area contributed by atoms with Crippen molar-refractivity contribution in [1.29, 1.82) is 0 Å². The summed E-state index contributed by atoms with van der Waals surface area (Å²) in [6.45, 7) is -0.135. The van der Waals surface area contributed by atoms with Gasteiger partial charge in [0.05, 0.1) is 11.1 Å². The smallest absolute Gasteiger partial charge is 0.390 e. The molecule has 0 aliphatic rings. The average Bonchev–Trinajstić information content (AvgIpc) is 2.51. The summed E-state index contributed by atoms with van der Waals surface area (Å²) in [5, 5.41) is 3.39. The Balaban J connectivity index is 1.93. The molecule has 0 aliphatic carbocycles. The third kappa shape index (κ3) is 5.00. The number of halogens is 6. The van der Waals surface area contributed by atoms with E-state index in [1.165, 1.54) is 24.3 Å². The molecule has 8 heteroatoms. The maximum Gasteiger partial charge on any atom is 0.416 e. The lowest BCUT2D eigenvalue weighted by Crippen LogP contribution is -2.05. The number of rotatable bonds is 4. The lowest BCUT2D eigenvalue weighted by Gasteiger charge is -2.07.